The molecule has 4 bridgehead atoms. The lowest BCUT2D eigenvalue weighted by atomic mass is 9.49. The van der Waals surface area contributed by atoms with E-state index in [2.05, 4.69) is 10.6 Å². The van der Waals surface area contributed by atoms with E-state index in [9.17, 15) is 19.2 Å². The molecule has 5 rings (SSSR count). The molecule has 4 aliphatic rings. The molecule has 7 nitrogen and oxygen atoms in total. The summed E-state index contributed by atoms with van der Waals surface area (Å²) >= 11 is 1.22. The minimum atomic E-state index is -0.672. The maximum Gasteiger partial charge on any atom is 0.308 e. The Kier molecular flexibility index (Phi) is 5.72. The number of ether oxygens (including phenoxy) is 1. The number of hydrogen-bond acceptors (Lipinski definition) is 6. The molecule has 0 unspecified atom stereocenters. The number of thiophene rings is 1. The third-order valence-corrected chi connectivity index (χ3v) is 7.37. The van der Waals surface area contributed by atoms with Gasteiger partial charge < -0.3 is 10.1 Å². The Hall–Kier alpha value is -2.22. The largest absolute Gasteiger partial charge is 0.456 e. The van der Waals surface area contributed by atoms with Gasteiger partial charge in [0.25, 0.3) is 11.8 Å². The fourth-order valence-corrected chi connectivity index (χ4v) is 6.32. The molecule has 1 heterocycles. The van der Waals surface area contributed by atoms with E-state index in [1.807, 2.05) is 0 Å². The Balaban J connectivity index is 1.15. The second kappa shape index (κ2) is 8.26. The SMILES string of the molecule is O=C(COC(=O)CCNC(=O)C12CC3CC(CC(C3)C1)C2)NC(=O)c1cccs1. The first kappa shape index (κ1) is 20.1. The lowest BCUT2D eigenvalue weighted by Gasteiger charge is -2.55. The molecule has 0 atom stereocenters. The summed E-state index contributed by atoms with van der Waals surface area (Å²) in [7, 11) is 0. The van der Waals surface area contributed by atoms with Gasteiger partial charge in [0.1, 0.15) is 0 Å². The Bertz CT molecular complexity index is 769. The van der Waals surface area contributed by atoms with Crippen molar-refractivity contribution >= 4 is 35.0 Å². The molecule has 4 aliphatic carbocycles. The molecule has 1 aromatic rings. The van der Waals surface area contributed by atoms with Crippen LogP contribution in [-0.2, 0) is 19.1 Å². The van der Waals surface area contributed by atoms with Crippen LogP contribution in [0.5, 0.6) is 0 Å². The normalized spacial score (nSPS) is 29.3. The van der Waals surface area contributed by atoms with Crippen molar-refractivity contribution in [2.45, 2.75) is 44.9 Å². The van der Waals surface area contributed by atoms with E-state index in [1.165, 1.54) is 30.6 Å². The monoisotopic (exact) mass is 418 g/mol. The quantitative estimate of drug-likeness (QED) is 0.662. The molecular formula is C21H26N2O5S. The van der Waals surface area contributed by atoms with Crippen molar-refractivity contribution in [1.82, 2.24) is 10.6 Å². The van der Waals surface area contributed by atoms with E-state index in [4.69, 9.17) is 4.74 Å². The standard InChI is InChI=1S/C21H26N2O5S/c24-17(23-19(26)16-2-1-5-29-16)12-28-18(25)3-4-22-20(27)21-9-13-6-14(10-21)8-15(7-13)11-21/h1-2,5,13-15H,3-4,6-12H2,(H,22,27)(H,23,24,26). The average Bonchev–Trinajstić information content (AvgIpc) is 3.20. The molecule has 0 saturated heterocycles. The van der Waals surface area contributed by atoms with E-state index < -0.39 is 24.4 Å². The van der Waals surface area contributed by atoms with E-state index in [-0.39, 0.29) is 24.3 Å². The van der Waals surface area contributed by atoms with E-state index in [1.54, 1.807) is 17.5 Å². The Morgan fingerprint density at radius 3 is 2.31 bits per heavy atom. The summed E-state index contributed by atoms with van der Waals surface area (Å²) in [5, 5.41) is 6.82. The van der Waals surface area contributed by atoms with Crippen molar-refractivity contribution in [3.8, 4) is 0 Å². The van der Waals surface area contributed by atoms with Gasteiger partial charge in [0.15, 0.2) is 6.61 Å². The second-order valence-electron chi connectivity index (χ2n) is 8.72. The third-order valence-electron chi connectivity index (χ3n) is 6.50. The highest BCUT2D eigenvalue weighted by atomic mass is 32.1. The van der Waals surface area contributed by atoms with Gasteiger partial charge in [-0.15, -0.1) is 11.3 Å². The summed E-state index contributed by atoms with van der Waals surface area (Å²) < 4.78 is 4.90. The fraction of sp³-hybridized carbons (Fsp3) is 0.619. The van der Waals surface area contributed by atoms with Gasteiger partial charge in [0.05, 0.1) is 11.3 Å². The molecule has 2 N–H and O–H groups in total. The van der Waals surface area contributed by atoms with Crippen molar-refractivity contribution < 1.29 is 23.9 Å². The molecule has 8 heteroatoms. The maximum absolute atomic E-state index is 12.8. The van der Waals surface area contributed by atoms with Gasteiger partial charge in [-0.1, -0.05) is 6.07 Å². The van der Waals surface area contributed by atoms with E-state index in [0.29, 0.717) is 22.6 Å². The van der Waals surface area contributed by atoms with Crippen LogP contribution in [0.25, 0.3) is 0 Å². The van der Waals surface area contributed by atoms with Gasteiger partial charge in [0, 0.05) is 12.0 Å². The predicted molar refractivity (Wildman–Crippen MR) is 106 cm³/mol. The molecule has 4 fully saturated rings. The molecule has 0 spiro atoms. The minimum Gasteiger partial charge on any atom is -0.456 e. The molecule has 156 valence electrons. The molecule has 0 radical (unpaired) electrons. The summed E-state index contributed by atoms with van der Waals surface area (Å²) in [6, 6.07) is 3.31. The number of amides is 3. The highest BCUT2D eigenvalue weighted by Gasteiger charge is 2.54. The van der Waals surface area contributed by atoms with Crippen molar-refractivity contribution in [1.29, 1.82) is 0 Å². The zero-order valence-electron chi connectivity index (χ0n) is 16.3. The van der Waals surface area contributed by atoms with Gasteiger partial charge in [-0.25, -0.2) is 0 Å². The molecule has 0 aliphatic heterocycles. The van der Waals surface area contributed by atoms with Crippen LogP contribution in [0.4, 0.5) is 0 Å². The third kappa shape index (κ3) is 4.52. The van der Waals surface area contributed by atoms with Gasteiger partial charge in [0.2, 0.25) is 5.91 Å². The van der Waals surface area contributed by atoms with E-state index >= 15 is 0 Å². The van der Waals surface area contributed by atoms with Gasteiger partial charge in [-0.2, -0.15) is 0 Å². The summed E-state index contributed by atoms with van der Waals surface area (Å²) in [5.41, 5.74) is -0.235. The Morgan fingerprint density at radius 2 is 1.72 bits per heavy atom. The zero-order chi connectivity index (χ0) is 20.4. The van der Waals surface area contributed by atoms with Crippen molar-refractivity contribution in [2.75, 3.05) is 13.2 Å². The van der Waals surface area contributed by atoms with E-state index in [0.717, 1.165) is 19.3 Å². The van der Waals surface area contributed by atoms with Crippen LogP contribution < -0.4 is 10.6 Å². The lowest BCUT2D eigenvalue weighted by molar-refractivity contribution is -0.149. The highest BCUT2D eigenvalue weighted by Crippen LogP contribution is 2.60. The van der Waals surface area contributed by atoms with Crippen LogP contribution in [0.15, 0.2) is 17.5 Å². The minimum absolute atomic E-state index is 0.00422. The van der Waals surface area contributed by atoms with Gasteiger partial charge in [-0.3, -0.25) is 24.5 Å². The van der Waals surface area contributed by atoms with Crippen LogP contribution in [0.3, 0.4) is 0 Å². The number of nitrogens with one attached hydrogen (secondary N) is 2. The van der Waals surface area contributed by atoms with Crippen LogP contribution in [-0.4, -0.2) is 36.8 Å². The highest BCUT2D eigenvalue weighted by molar-refractivity contribution is 7.12. The molecule has 4 saturated carbocycles. The predicted octanol–water partition coefficient (Wildman–Crippen LogP) is 2.27. The molecule has 29 heavy (non-hydrogen) atoms. The van der Waals surface area contributed by atoms with Crippen LogP contribution in [0.1, 0.15) is 54.6 Å². The van der Waals surface area contributed by atoms with Gasteiger partial charge in [-0.05, 0) is 67.7 Å². The first-order chi connectivity index (χ1) is 13.9. The molecule has 0 aromatic carbocycles. The first-order valence-electron chi connectivity index (χ1n) is 10.3. The summed E-state index contributed by atoms with van der Waals surface area (Å²) in [6.07, 6.45) is 6.77. The van der Waals surface area contributed by atoms with Crippen LogP contribution in [0, 0.1) is 23.2 Å². The van der Waals surface area contributed by atoms with Crippen molar-refractivity contribution in [3.63, 3.8) is 0 Å². The van der Waals surface area contributed by atoms with Crippen LogP contribution >= 0.6 is 11.3 Å². The number of esters is 1. The number of carbonyl (C=O) groups excluding carboxylic acids is 4. The number of carbonyl (C=O) groups is 4. The molecule has 3 amide bonds. The summed E-state index contributed by atoms with van der Waals surface area (Å²) in [6.45, 7) is -0.311. The van der Waals surface area contributed by atoms with Gasteiger partial charge >= 0.3 is 5.97 Å². The van der Waals surface area contributed by atoms with Crippen molar-refractivity contribution in [2.24, 2.45) is 23.2 Å². The fourth-order valence-electron chi connectivity index (χ4n) is 5.70. The zero-order valence-corrected chi connectivity index (χ0v) is 17.1. The maximum atomic E-state index is 12.8. The van der Waals surface area contributed by atoms with Crippen LogP contribution in [0.2, 0.25) is 0 Å². The van der Waals surface area contributed by atoms with Crippen molar-refractivity contribution in [3.05, 3.63) is 22.4 Å². The number of imide groups is 1. The number of rotatable bonds is 7. The smallest absolute Gasteiger partial charge is 0.308 e. The number of hydrogen-bond donors (Lipinski definition) is 2. The summed E-state index contributed by atoms with van der Waals surface area (Å²) in [5.74, 6) is 0.378. The Morgan fingerprint density at radius 1 is 1.07 bits per heavy atom. The first-order valence-corrected chi connectivity index (χ1v) is 11.1. The lowest BCUT2D eigenvalue weighted by Crippen LogP contribution is -2.53. The summed E-state index contributed by atoms with van der Waals surface area (Å²) in [4.78, 5) is 48.6. The average molecular weight is 419 g/mol. The second-order valence-corrected chi connectivity index (χ2v) is 9.67. The Labute approximate surface area is 173 Å². The molecule has 1 aromatic heterocycles. The topological polar surface area (TPSA) is 102 Å². The molecular weight excluding hydrogens is 392 g/mol.